The van der Waals surface area contributed by atoms with Gasteiger partial charge in [0.05, 0.1) is 6.04 Å². The van der Waals surface area contributed by atoms with Crippen molar-refractivity contribution in [1.82, 2.24) is 19.9 Å². The number of aryl methyl sites for hydroxylation is 1. The molecule has 27 heavy (non-hydrogen) atoms. The van der Waals surface area contributed by atoms with Crippen LogP contribution in [-0.4, -0.2) is 26.5 Å². The smallest absolute Gasteiger partial charge is 0.161 e. The van der Waals surface area contributed by atoms with Crippen molar-refractivity contribution in [2.24, 2.45) is 0 Å². The van der Waals surface area contributed by atoms with Gasteiger partial charge in [-0.15, -0.1) is 0 Å². The quantitative estimate of drug-likeness (QED) is 0.714. The van der Waals surface area contributed by atoms with E-state index in [-0.39, 0.29) is 6.04 Å². The van der Waals surface area contributed by atoms with Gasteiger partial charge >= 0.3 is 0 Å². The highest BCUT2D eigenvalue weighted by Gasteiger charge is 2.32. The number of aromatic nitrogens is 4. The SMILES string of the molecule is Clc1cccc(-c2nc3c(c(N4CCC[C@@H]4c4ncc[nH]4)n2)CCCC3)c1. The number of hydrogen-bond donors (Lipinski definition) is 1. The third-order valence-corrected chi connectivity index (χ3v) is 5.84. The fourth-order valence-electron chi connectivity index (χ4n) is 4.33. The Morgan fingerprint density at radius 3 is 2.89 bits per heavy atom. The van der Waals surface area contributed by atoms with E-state index in [1.807, 2.05) is 36.7 Å². The summed E-state index contributed by atoms with van der Waals surface area (Å²) in [7, 11) is 0. The second-order valence-corrected chi connectivity index (χ2v) is 7.78. The van der Waals surface area contributed by atoms with E-state index in [1.165, 1.54) is 24.1 Å². The first-order valence-corrected chi connectivity index (χ1v) is 10.1. The van der Waals surface area contributed by atoms with Crippen LogP contribution in [0.3, 0.4) is 0 Å². The Labute approximate surface area is 163 Å². The molecule has 1 atom stereocenters. The number of imidazole rings is 1. The molecule has 1 fully saturated rings. The number of rotatable bonds is 3. The highest BCUT2D eigenvalue weighted by atomic mass is 35.5. The summed E-state index contributed by atoms with van der Waals surface area (Å²) in [6.07, 6.45) is 10.5. The molecule has 6 heteroatoms. The standard InChI is InChI=1S/C21H22ClN5/c22-15-6-3-5-14(13-15)19-25-17-8-2-1-7-16(17)21(26-19)27-12-4-9-18(27)20-23-10-11-24-20/h3,5-6,10-11,13,18H,1-2,4,7-9,12H2,(H,23,24)/t18-/m1/s1. The van der Waals surface area contributed by atoms with Crippen molar-refractivity contribution in [2.45, 2.75) is 44.6 Å². The van der Waals surface area contributed by atoms with Gasteiger partial charge in [-0.3, -0.25) is 0 Å². The Bertz CT molecular complexity index is 953. The fourth-order valence-corrected chi connectivity index (χ4v) is 4.52. The molecule has 138 valence electrons. The lowest BCUT2D eigenvalue weighted by atomic mass is 9.95. The summed E-state index contributed by atoms with van der Waals surface area (Å²) in [6.45, 7) is 1.00. The van der Waals surface area contributed by atoms with E-state index in [1.54, 1.807) is 0 Å². The average Bonchev–Trinajstić information content (AvgIpc) is 3.38. The zero-order chi connectivity index (χ0) is 18.2. The van der Waals surface area contributed by atoms with Crippen molar-refractivity contribution in [2.75, 3.05) is 11.4 Å². The number of H-pyrrole nitrogens is 1. The van der Waals surface area contributed by atoms with Gasteiger partial charge in [0.1, 0.15) is 11.6 Å². The first kappa shape index (κ1) is 16.8. The number of benzene rings is 1. The van der Waals surface area contributed by atoms with E-state index in [2.05, 4.69) is 14.9 Å². The average molecular weight is 380 g/mol. The molecule has 3 aromatic rings. The molecule has 0 amide bonds. The summed E-state index contributed by atoms with van der Waals surface area (Å²) in [5.41, 5.74) is 3.50. The van der Waals surface area contributed by atoms with Gasteiger partial charge < -0.3 is 9.88 Å². The third kappa shape index (κ3) is 3.10. The van der Waals surface area contributed by atoms with Gasteiger partial charge in [0, 0.05) is 40.8 Å². The van der Waals surface area contributed by atoms with Crippen LogP contribution in [0.5, 0.6) is 0 Å². The Kier molecular flexibility index (Phi) is 4.32. The Morgan fingerprint density at radius 1 is 1.11 bits per heavy atom. The van der Waals surface area contributed by atoms with Gasteiger partial charge in [-0.05, 0) is 50.7 Å². The van der Waals surface area contributed by atoms with E-state index < -0.39 is 0 Å². The molecule has 1 aromatic carbocycles. The summed E-state index contributed by atoms with van der Waals surface area (Å²) in [5.74, 6) is 2.90. The van der Waals surface area contributed by atoms with Gasteiger partial charge in [-0.1, -0.05) is 23.7 Å². The zero-order valence-corrected chi connectivity index (χ0v) is 15.9. The van der Waals surface area contributed by atoms with Crippen LogP contribution in [0, 0.1) is 0 Å². The molecule has 5 nitrogen and oxygen atoms in total. The van der Waals surface area contributed by atoms with Crippen LogP contribution >= 0.6 is 11.6 Å². The summed E-state index contributed by atoms with van der Waals surface area (Å²) in [6, 6.07) is 8.09. The van der Waals surface area contributed by atoms with Crippen molar-refractivity contribution >= 4 is 17.4 Å². The number of halogens is 1. The van der Waals surface area contributed by atoms with Gasteiger partial charge in [0.15, 0.2) is 5.82 Å². The number of nitrogens with one attached hydrogen (secondary N) is 1. The molecule has 2 aliphatic rings. The Hall–Kier alpha value is -2.40. The lowest BCUT2D eigenvalue weighted by Gasteiger charge is -2.29. The molecule has 1 aliphatic carbocycles. The predicted octanol–water partition coefficient (Wildman–Crippen LogP) is 4.74. The van der Waals surface area contributed by atoms with Gasteiger partial charge in [-0.2, -0.15) is 0 Å². The molecular formula is C21H22ClN5. The van der Waals surface area contributed by atoms with Crippen molar-refractivity contribution in [3.05, 3.63) is 58.8 Å². The normalized spacial score (nSPS) is 19.3. The van der Waals surface area contributed by atoms with E-state index in [0.717, 1.165) is 55.3 Å². The van der Waals surface area contributed by atoms with Crippen LogP contribution in [0.4, 0.5) is 5.82 Å². The minimum atomic E-state index is 0.258. The van der Waals surface area contributed by atoms with Crippen molar-refractivity contribution < 1.29 is 0 Å². The lowest BCUT2D eigenvalue weighted by molar-refractivity contribution is 0.637. The molecule has 3 heterocycles. The first-order chi connectivity index (χ1) is 13.3. The van der Waals surface area contributed by atoms with E-state index in [9.17, 15) is 0 Å². The van der Waals surface area contributed by atoms with Gasteiger partial charge in [0.25, 0.3) is 0 Å². The number of anilines is 1. The summed E-state index contributed by atoms with van der Waals surface area (Å²) >= 11 is 6.22. The van der Waals surface area contributed by atoms with Crippen LogP contribution in [0.1, 0.15) is 48.8 Å². The molecule has 0 bridgehead atoms. The second kappa shape index (κ2) is 6.97. The highest BCUT2D eigenvalue weighted by molar-refractivity contribution is 6.30. The van der Waals surface area contributed by atoms with Gasteiger partial charge in [0.2, 0.25) is 0 Å². The Balaban J connectivity index is 1.63. The number of nitrogens with zero attached hydrogens (tertiary/aromatic N) is 4. The molecule has 0 spiro atoms. The zero-order valence-electron chi connectivity index (χ0n) is 15.2. The number of hydrogen-bond acceptors (Lipinski definition) is 4. The third-order valence-electron chi connectivity index (χ3n) is 5.60. The van der Waals surface area contributed by atoms with E-state index >= 15 is 0 Å². The first-order valence-electron chi connectivity index (χ1n) is 9.71. The molecular weight excluding hydrogens is 358 g/mol. The predicted molar refractivity (Wildman–Crippen MR) is 107 cm³/mol. The molecule has 0 radical (unpaired) electrons. The maximum absolute atomic E-state index is 6.22. The maximum atomic E-state index is 6.22. The molecule has 0 saturated carbocycles. The monoisotopic (exact) mass is 379 g/mol. The fraction of sp³-hybridized carbons (Fsp3) is 0.381. The summed E-state index contributed by atoms with van der Waals surface area (Å²) in [4.78, 5) is 20.2. The van der Waals surface area contributed by atoms with E-state index in [4.69, 9.17) is 21.6 Å². The highest BCUT2D eigenvalue weighted by Crippen LogP contribution is 2.39. The molecule has 5 rings (SSSR count). The van der Waals surface area contributed by atoms with Crippen molar-refractivity contribution in [1.29, 1.82) is 0 Å². The topological polar surface area (TPSA) is 57.7 Å². The molecule has 1 N–H and O–H groups in total. The minimum Gasteiger partial charge on any atom is -0.347 e. The minimum absolute atomic E-state index is 0.258. The Morgan fingerprint density at radius 2 is 2.04 bits per heavy atom. The van der Waals surface area contributed by atoms with Crippen LogP contribution in [0.25, 0.3) is 11.4 Å². The lowest BCUT2D eigenvalue weighted by Crippen LogP contribution is -2.27. The van der Waals surface area contributed by atoms with E-state index in [0.29, 0.717) is 5.02 Å². The van der Waals surface area contributed by atoms with Crippen LogP contribution < -0.4 is 4.90 Å². The summed E-state index contributed by atoms with van der Waals surface area (Å²) < 4.78 is 0. The van der Waals surface area contributed by atoms with Crippen LogP contribution in [0.15, 0.2) is 36.7 Å². The van der Waals surface area contributed by atoms with Crippen LogP contribution in [-0.2, 0) is 12.8 Å². The summed E-state index contributed by atoms with van der Waals surface area (Å²) in [5, 5.41) is 0.713. The van der Waals surface area contributed by atoms with Gasteiger partial charge in [-0.25, -0.2) is 15.0 Å². The largest absolute Gasteiger partial charge is 0.347 e. The van der Waals surface area contributed by atoms with Crippen molar-refractivity contribution in [3.63, 3.8) is 0 Å². The molecule has 1 aliphatic heterocycles. The molecule has 1 saturated heterocycles. The number of fused-ring (bicyclic) bond motifs is 1. The second-order valence-electron chi connectivity index (χ2n) is 7.34. The van der Waals surface area contributed by atoms with Crippen molar-refractivity contribution in [3.8, 4) is 11.4 Å². The molecule has 0 unspecified atom stereocenters. The van der Waals surface area contributed by atoms with Crippen LogP contribution in [0.2, 0.25) is 5.02 Å². The molecule has 2 aromatic heterocycles. The maximum Gasteiger partial charge on any atom is 0.161 e. The number of aromatic amines is 1.